The summed E-state index contributed by atoms with van der Waals surface area (Å²) in [5.74, 6) is -0.0483. The largest absolute Gasteiger partial charge is 0.347 e. The second-order valence-corrected chi connectivity index (χ2v) is 7.09. The standard InChI is InChI=1S/C16H15BrN2O2S/c1-10(20)19-5-4-11-6-12(2-3-15(11)19)16(21)18-8-14-7-13(17)9-22-14/h2-3,6-7,9H,4-5,8H2,1H3,(H,18,21). The van der Waals surface area contributed by atoms with Crippen LogP contribution < -0.4 is 10.2 Å². The topological polar surface area (TPSA) is 49.4 Å². The minimum absolute atomic E-state index is 0.0409. The van der Waals surface area contributed by atoms with Crippen LogP contribution in [0.2, 0.25) is 0 Å². The Labute approximate surface area is 141 Å². The molecule has 0 bridgehead atoms. The maximum Gasteiger partial charge on any atom is 0.251 e. The quantitative estimate of drug-likeness (QED) is 0.889. The van der Waals surface area contributed by atoms with E-state index in [-0.39, 0.29) is 11.8 Å². The van der Waals surface area contributed by atoms with Crippen LogP contribution in [0.5, 0.6) is 0 Å². The molecule has 2 amide bonds. The number of carbonyl (C=O) groups is 2. The summed E-state index contributed by atoms with van der Waals surface area (Å²) in [7, 11) is 0. The van der Waals surface area contributed by atoms with Crippen LogP contribution in [-0.2, 0) is 17.8 Å². The predicted molar refractivity (Wildman–Crippen MR) is 91.4 cm³/mol. The lowest BCUT2D eigenvalue weighted by atomic mass is 10.1. The number of thiophene rings is 1. The number of fused-ring (bicyclic) bond motifs is 1. The number of benzene rings is 1. The Bertz CT molecular complexity index is 741. The van der Waals surface area contributed by atoms with Crippen LogP contribution in [0.3, 0.4) is 0 Å². The van der Waals surface area contributed by atoms with E-state index in [9.17, 15) is 9.59 Å². The van der Waals surface area contributed by atoms with Crippen molar-refractivity contribution >= 4 is 44.8 Å². The zero-order valence-electron chi connectivity index (χ0n) is 12.1. The third kappa shape index (κ3) is 3.08. The lowest BCUT2D eigenvalue weighted by molar-refractivity contribution is -0.116. The number of carbonyl (C=O) groups excluding carboxylic acids is 2. The molecular weight excluding hydrogens is 364 g/mol. The number of halogens is 1. The van der Waals surface area contributed by atoms with Crippen molar-refractivity contribution in [3.05, 3.63) is 50.1 Å². The van der Waals surface area contributed by atoms with E-state index in [1.165, 1.54) is 0 Å². The van der Waals surface area contributed by atoms with Crippen LogP contribution in [0.15, 0.2) is 34.1 Å². The average molecular weight is 379 g/mol. The van der Waals surface area contributed by atoms with Crippen LogP contribution in [0.4, 0.5) is 5.69 Å². The average Bonchev–Trinajstić information content (AvgIpc) is 3.09. The lowest BCUT2D eigenvalue weighted by Gasteiger charge is -2.14. The molecule has 0 atom stereocenters. The number of hydrogen-bond donors (Lipinski definition) is 1. The van der Waals surface area contributed by atoms with E-state index in [1.807, 2.05) is 23.6 Å². The first-order valence-corrected chi connectivity index (χ1v) is 8.64. The van der Waals surface area contributed by atoms with Gasteiger partial charge in [-0.05, 0) is 52.2 Å². The number of nitrogens with zero attached hydrogens (tertiary/aromatic N) is 1. The van der Waals surface area contributed by atoms with E-state index < -0.39 is 0 Å². The van der Waals surface area contributed by atoms with Crippen LogP contribution in [0.25, 0.3) is 0 Å². The Kier molecular flexibility index (Phi) is 4.31. The van der Waals surface area contributed by atoms with E-state index in [1.54, 1.807) is 29.2 Å². The summed E-state index contributed by atoms with van der Waals surface area (Å²) in [4.78, 5) is 26.6. The fourth-order valence-electron chi connectivity index (χ4n) is 2.59. The lowest BCUT2D eigenvalue weighted by Crippen LogP contribution is -2.25. The highest BCUT2D eigenvalue weighted by Crippen LogP contribution is 2.29. The van der Waals surface area contributed by atoms with E-state index in [2.05, 4.69) is 21.2 Å². The van der Waals surface area contributed by atoms with Gasteiger partial charge in [0.05, 0.1) is 6.54 Å². The third-order valence-corrected chi connectivity index (χ3v) is 5.36. The molecule has 1 aliphatic rings. The molecule has 1 N–H and O–H groups in total. The molecule has 2 heterocycles. The molecule has 22 heavy (non-hydrogen) atoms. The molecule has 1 aliphatic heterocycles. The number of nitrogens with one attached hydrogen (secondary N) is 1. The summed E-state index contributed by atoms with van der Waals surface area (Å²) in [5, 5.41) is 4.92. The van der Waals surface area contributed by atoms with Crippen molar-refractivity contribution in [2.24, 2.45) is 0 Å². The first kappa shape index (κ1) is 15.2. The molecule has 0 radical (unpaired) electrons. The number of anilines is 1. The first-order chi connectivity index (χ1) is 10.5. The Morgan fingerprint density at radius 1 is 1.36 bits per heavy atom. The highest BCUT2D eigenvalue weighted by atomic mass is 79.9. The molecule has 0 spiro atoms. The summed E-state index contributed by atoms with van der Waals surface area (Å²) in [5.41, 5.74) is 2.62. The second-order valence-electron chi connectivity index (χ2n) is 5.18. The van der Waals surface area contributed by atoms with Gasteiger partial charge < -0.3 is 10.2 Å². The third-order valence-electron chi connectivity index (χ3n) is 3.66. The van der Waals surface area contributed by atoms with Crippen molar-refractivity contribution in [2.75, 3.05) is 11.4 Å². The zero-order valence-corrected chi connectivity index (χ0v) is 14.5. The normalized spacial score (nSPS) is 13.1. The fraction of sp³-hybridized carbons (Fsp3) is 0.250. The molecule has 4 nitrogen and oxygen atoms in total. The molecule has 0 aliphatic carbocycles. The molecule has 1 aromatic heterocycles. The van der Waals surface area contributed by atoms with Gasteiger partial charge in [-0.2, -0.15) is 0 Å². The molecule has 1 aromatic carbocycles. The molecule has 0 saturated carbocycles. The van der Waals surface area contributed by atoms with Gasteiger partial charge in [-0.25, -0.2) is 0 Å². The maximum atomic E-state index is 12.2. The van der Waals surface area contributed by atoms with Crippen molar-refractivity contribution in [1.29, 1.82) is 0 Å². The highest BCUT2D eigenvalue weighted by molar-refractivity contribution is 9.10. The van der Waals surface area contributed by atoms with Crippen molar-refractivity contribution in [2.45, 2.75) is 19.9 Å². The summed E-state index contributed by atoms with van der Waals surface area (Å²) in [6.45, 7) is 2.78. The first-order valence-electron chi connectivity index (χ1n) is 6.97. The highest BCUT2D eigenvalue weighted by Gasteiger charge is 2.23. The molecule has 2 aromatic rings. The molecule has 6 heteroatoms. The molecule has 0 fully saturated rings. The Hall–Kier alpha value is -1.66. The van der Waals surface area contributed by atoms with E-state index in [0.717, 1.165) is 27.0 Å². The SMILES string of the molecule is CC(=O)N1CCc2cc(C(=O)NCc3cc(Br)cs3)ccc21. The van der Waals surface area contributed by atoms with Gasteiger partial charge in [-0.15, -0.1) is 11.3 Å². The smallest absolute Gasteiger partial charge is 0.251 e. The molecule has 114 valence electrons. The fourth-order valence-corrected chi connectivity index (χ4v) is 3.98. The van der Waals surface area contributed by atoms with Crippen molar-refractivity contribution in [1.82, 2.24) is 5.32 Å². The van der Waals surface area contributed by atoms with Gasteiger partial charge in [0.25, 0.3) is 5.91 Å². The van der Waals surface area contributed by atoms with E-state index >= 15 is 0 Å². The monoisotopic (exact) mass is 378 g/mol. The van der Waals surface area contributed by atoms with Crippen molar-refractivity contribution in [3.63, 3.8) is 0 Å². The molecule has 0 unspecified atom stereocenters. The van der Waals surface area contributed by atoms with E-state index in [4.69, 9.17) is 0 Å². The minimum Gasteiger partial charge on any atom is -0.347 e. The summed E-state index contributed by atoms with van der Waals surface area (Å²) < 4.78 is 1.03. The molecule has 3 rings (SSSR count). The van der Waals surface area contributed by atoms with Crippen molar-refractivity contribution in [3.8, 4) is 0 Å². The van der Waals surface area contributed by atoms with Crippen LogP contribution in [0, 0.1) is 0 Å². The van der Waals surface area contributed by atoms with Gasteiger partial charge in [-0.1, -0.05) is 0 Å². The second kappa shape index (κ2) is 6.22. The number of rotatable bonds is 3. The Morgan fingerprint density at radius 3 is 2.86 bits per heavy atom. The van der Waals surface area contributed by atoms with E-state index in [0.29, 0.717) is 18.7 Å². The van der Waals surface area contributed by atoms with Gasteiger partial charge in [0.15, 0.2) is 0 Å². The Balaban J connectivity index is 1.70. The predicted octanol–water partition coefficient (Wildman–Crippen LogP) is 3.35. The number of hydrogen-bond acceptors (Lipinski definition) is 3. The van der Waals surface area contributed by atoms with Crippen molar-refractivity contribution < 1.29 is 9.59 Å². The van der Waals surface area contributed by atoms with Gasteiger partial charge in [0.2, 0.25) is 5.91 Å². The van der Waals surface area contributed by atoms with Crippen LogP contribution in [-0.4, -0.2) is 18.4 Å². The molecular formula is C16H15BrN2O2S. The van der Waals surface area contributed by atoms with Crippen LogP contribution in [0.1, 0.15) is 27.7 Å². The van der Waals surface area contributed by atoms with Gasteiger partial charge >= 0.3 is 0 Å². The molecule has 0 saturated heterocycles. The maximum absolute atomic E-state index is 12.2. The summed E-state index contributed by atoms with van der Waals surface area (Å²) in [6, 6.07) is 7.52. The summed E-state index contributed by atoms with van der Waals surface area (Å²) in [6.07, 6.45) is 0.800. The minimum atomic E-state index is -0.0893. The number of amides is 2. The summed E-state index contributed by atoms with van der Waals surface area (Å²) >= 11 is 5.01. The Morgan fingerprint density at radius 2 is 2.18 bits per heavy atom. The van der Waals surface area contributed by atoms with Gasteiger partial charge in [0.1, 0.15) is 0 Å². The van der Waals surface area contributed by atoms with Gasteiger partial charge in [-0.3, -0.25) is 9.59 Å². The zero-order chi connectivity index (χ0) is 15.7. The van der Waals surface area contributed by atoms with Crippen LogP contribution >= 0.6 is 27.3 Å². The van der Waals surface area contributed by atoms with Gasteiger partial charge in [0, 0.05) is 39.4 Å².